The minimum atomic E-state index is 0.331. The summed E-state index contributed by atoms with van der Waals surface area (Å²) < 4.78 is 5.43. The summed E-state index contributed by atoms with van der Waals surface area (Å²) >= 11 is 1.86. The van der Waals surface area contributed by atoms with Gasteiger partial charge in [0.1, 0.15) is 0 Å². The minimum Gasteiger partial charge on any atom is -0.377 e. The largest absolute Gasteiger partial charge is 0.377 e. The molecule has 0 saturated heterocycles. The van der Waals surface area contributed by atoms with Crippen molar-refractivity contribution in [2.75, 3.05) is 13.7 Å². The van der Waals surface area contributed by atoms with E-state index < -0.39 is 0 Å². The molecule has 4 nitrogen and oxygen atoms in total. The molecule has 5 heteroatoms. The SMILES string of the molecule is CCOCc1ccc(CNC(=NC)NC(C)Cc2ccc(C)s2)cc1. The number of nitrogens with one attached hydrogen (secondary N) is 2. The van der Waals surface area contributed by atoms with Crippen LogP contribution in [0.4, 0.5) is 0 Å². The van der Waals surface area contributed by atoms with E-state index >= 15 is 0 Å². The van der Waals surface area contributed by atoms with Crippen LogP contribution in [0.2, 0.25) is 0 Å². The summed E-state index contributed by atoms with van der Waals surface area (Å²) in [6.07, 6.45) is 1.01. The molecule has 0 saturated carbocycles. The van der Waals surface area contributed by atoms with E-state index in [1.54, 1.807) is 0 Å². The lowest BCUT2D eigenvalue weighted by atomic mass is 10.1. The second kappa shape index (κ2) is 10.2. The summed E-state index contributed by atoms with van der Waals surface area (Å²) in [5, 5.41) is 6.84. The van der Waals surface area contributed by atoms with Gasteiger partial charge in [-0.05, 0) is 44.0 Å². The maximum atomic E-state index is 5.43. The van der Waals surface area contributed by atoms with Crippen LogP contribution in [0.1, 0.15) is 34.7 Å². The fourth-order valence-corrected chi connectivity index (χ4v) is 3.55. The molecule has 0 amide bonds. The topological polar surface area (TPSA) is 45.6 Å². The van der Waals surface area contributed by atoms with Gasteiger partial charge in [-0.1, -0.05) is 24.3 Å². The number of guanidine groups is 1. The molecular formula is C20H29N3OS. The van der Waals surface area contributed by atoms with Crippen molar-refractivity contribution < 1.29 is 4.74 Å². The third kappa shape index (κ3) is 6.88. The Hall–Kier alpha value is -1.85. The van der Waals surface area contributed by atoms with Gasteiger partial charge in [0.15, 0.2) is 5.96 Å². The van der Waals surface area contributed by atoms with Gasteiger partial charge in [0, 0.05) is 42.4 Å². The molecule has 1 aromatic carbocycles. The number of aryl methyl sites for hydroxylation is 1. The third-order valence-corrected chi connectivity index (χ3v) is 4.89. The summed E-state index contributed by atoms with van der Waals surface area (Å²) in [5.41, 5.74) is 2.43. The van der Waals surface area contributed by atoms with Crippen molar-refractivity contribution in [3.63, 3.8) is 0 Å². The van der Waals surface area contributed by atoms with Crippen molar-refractivity contribution in [3.05, 3.63) is 57.3 Å². The Kier molecular flexibility index (Phi) is 7.95. The number of rotatable bonds is 8. The molecule has 0 aliphatic heterocycles. The van der Waals surface area contributed by atoms with Crippen molar-refractivity contribution in [1.29, 1.82) is 0 Å². The van der Waals surface area contributed by atoms with Gasteiger partial charge in [0.25, 0.3) is 0 Å². The first-order chi connectivity index (χ1) is 12.1. The first-order valence-corrected chi connectivity index (χ1v) is 9.60. The third-order valence-electron chi connectivity index (χ3n) is 3.87. The van der Waals surface area contributed by atoms with Crippen molar-refractivity contribution in [1.82, 2.24) is 10.6 Å². The van der Waals surface area contributed by atoms with E-state index in [0.717, 1.165) is 25.5 Å². The van der Waals surface area contributed by atoms with E-state index in [9.17, 15) is 0 Å². The van der Waals surface area contributed by atoms with Crippen molar-refractivity contribution in [2.24, 2.45) is 4.99 Å². The number of hydrogen-bond acceptors (Lipinski definition) is 3. The number of ether oxygens (including phenoxy) is 1. The zero-order valence-electron chi connectivity index (χ0n) is 15.6. The van der Waals surface area contributed by atoms with Crippen LogP contribution in [0.25, 0.3) is 0 Å². The average Bonchev–Trinajstić information content (AvgIpc) is 3.02. The van der Waals surface area contributed by atoms with Gasteiger partial charge >= 0.3 is 0 Å². The summed E-state index contributed by atoms with van der Waals surface area (Å²) in [7, 11) is 1.81. The molecule has 136 valence electrons. The van der Waals surface area contributed by atoms with Crippen molar-refractivity contribution >= 4 is 17.3 Å². The monoisotopic (exact) mass is 359 g/mol. The smallest absolute Gasteiger partial charge is 0.191 e. The molecule has 25 heavy (non-hydrogen) atoms. The number of hydrogen-bond donors (Lipinski definition) is 2. The Labute approximate surface area is 155 Å². The molecule has 1 atom stereocenters. The second-order valence-corrected chi connectivity index (χ2v) is 7.51. The maximum Gasteiger partial charge on any atom is 0.191 e. The molecule has 0 spiro atoms. The van der Waals surface area contributed by atoms with Crippen molar-refractivity contribution in [2.45, 2.75) is 46.4 Å². The Morgan fingerprint density at radius 1 is 1.16 bits per heavy atom. The second-order valence-electron chi connectivity index (χ2n) is 6.14. The Bertz CT molecular complexity index is 664. The number of benzene rings is 1. The van der Waals surface area contributed by atoms with Crippen LogP contribution in [0, 0.1) is 6.92 Å². The van der Waals surface area contributed by atoms with Gasteiger partial charge in [-0.2, -0.15) is 0 Å². The standard InChI is InChI=1S/C20H29N3OS/c1-5-24-14-18-9-7-17(8-10-18)13-22-20(21-4)23-15(2)12-19-11-6-16(3)25-19/h6-11,15H,5,12-14H2,1-4H3,(H2,21,22,23). The molecule has 2 rings (SSSR count). The molecule has 0 aliphatic carbocycles. The van der Waals surface area contributed by atoms with Crippen LogP contribution in [0.15, 0.2) is 41.4 Å². The lowest BCUT2D eigenvalue weighted by molar-refractivity contribution is 0.134. The molecule has 1 heterocycles. The molecule has 1 unspecified atom stereocenters. The van der Waals surface area contributed by atoms with Crippen molar-refractivity contribution in [3.8, 4) is 0 Å². The summed E-state index contributed by atoms with van der Waals surface area (Å²) in [5.74, 6) is 0.833. The molecule has 0 bridgehead atoms. The Balaban J connectivity index is 1.79. The summed E-state index contributed by atoms with van der Waals surface area (Å²) in [6, 6.07) is 13.2. The predicted molar refractivity (Wildman–Crippen MR) is 107 cm³/mol. The highest BCUT2D eigenvalue weighted by atomic mass is 32.1. The number of nitrogens with zero attached hydrogens (tertiary/aromatic N) is 1. The Morgan fingerprint density at radius 2 is 1.88 bits per heavy atom. The minimum absolute atomic E-state index is 0.331. The van der Waals surface area contributed by atoms with E-state index in [2.05, 4.69) is 65.9 Å². The fraction of sp³-hybridized carbons (Fsp3) is 0.450. The average molecular weight is 360 g/mol. The molecule has 2 N–H and O–H groups in total. The zero-order valence-corrected chi connectivity index (χ0v) is 16.5. The van der Waals surface area contributed by atoms with Crippen LogP contribution >= 0.6 is 11.3 Å². The van der Waals surface area contributed by atoms with Crippen LogP contribution in [-0.2, 0) is 24.3 Å². The highest BCUT2D eigenvalue weighted by Gasteiger charge is 2.08. The molecule has 1 aromatic heterocycles. The lowest BCUT2D eigenvalue weighted by Gasteiger charge is -2.17. The Morgan fingerprint density at radius 3 is 2.48 bits per heavy atom. The summed E-state index contributed by atoms with van der Waals surface area (Å²) in [6.45, 7) is 8.51. The van der Waals surface area contributed by atoms with E-state index in [1.165, 1.54) is 20.9 Å². The van der Waals surface area contributed by atoms with Crippen LogP contribution in [-0.4, -0.2) is 25.7 Å². The van der Waals surface area contributed by atoms with E-state index in [4.69, 9.17) is 4.74 Å². The first kappa shape index (κ1) is 19.5. The van der Waals surface area contributed by atoms with Crippen LogP contribution in [0.3, 0.4) is 0 Å². The number of thiophene rings is 1. The van der Waals surface area contributed by atoms with Crippen LogP contribution in [0.5, 0.6) is 0 Å². The highest BCUT2D eigenvalue weighted by Crippen LogP contribution is 2.16. The molecule has 0 aliphatic rings. The van der Waals surface area contributed by atoms with Gasteiger partial charge < -0.3 is 15.4 Å². The van der Waals surface area contributed by atoms with Gasteiger partial charge in [-0.3, -0.25) is 4.99 Å². The van der Waals surface area contributed by atoms with Gasteiger partial charge in [0.05, 0.1) is 6.61 Å². The van der Waals surface area contributed by atoms with Crippen LogP contribution < -0.4 is 10.6 Å². The molecule has 2 aromatic rings. The molecule has 0 fully saturated rings. The maximum absolute atomic E-state index is 5.43. The molecule has 0 radical (unpaired) electrons. The highest BCUT2D eigenvalue weighted by molar-refractivity contribution is 7.11. The fourth-order valence-electron chi connectivity index (χ4n) is 2.53. The van der Waals surface area contributed by atoms with Gasteiger partial charge in [-0.25, -0.2) is 0 Å². The lowest BCUT2D eigenvalue weighted by Crippen LogP contribution is -2.42. The predicted octanol–water partition coefficient (Wildman–Crippen LogP) is 3.89. The normalized spacial score (nSPS) is 12.9. The number of aliphatic imine (C=N–C) groups is 1. The van der Waals surface area contributed by atoms with E-state index in [-0.39, 0.29) is 0 Å². The first-order valence-electron chi connectivity index (χ1n) is 8.78. The zero-order chi connectivity index (χ0) is 18.1. The van der Waals surface area contributed by atoms with Gasteiger partial charge in [0.2, 0.25) is 0 Å². The van der Waals surface area contributed by atoms with Gasteiger partial charge in [-0.15, -0.1) is 11.3 Å². The van der Waals surface area contributed by atoms with E-state index in [1.807, 2.05) is 25.3 Å². The summed E-state index contributed by atoms with van der Waals surface area (Å²) in [4.78, 5) is 7.09. The quantitative estimate of drug-likeness (QED) is 0.555. The molecular weight excluding hydrogens is 330 g/mol. The van der Waals surface area contributed by atoms with E-state index in [0.29, 0.717) is 12.6 Å².